The molecule has 38 heavy (non-hydrogen) atoms. The zero-order valence-electron chi connectivity index (χ0n) is 21.2. The van der Waals surface area contributed by atoms with E-state index < -0.39 is 21.8 Å². The lowest BCUT2D eigenvalue weighted by Crippen LogP contribution is -2.54. The van der Waals surface area contributed by atoms with E-state index >= 15 is 0 Å². The molecule has 0 radical (unpaired) electrons. The number of hydrogen-bond acceptors (Lipinski definition) is 5. The highest BCUT2D eigenvalue weighted by atomic mass is 35.5. The van der Waals surface area contributed by atoms with Gasteiger partial charge in [-0.2, -0.15) is 4.31 Å². The van der Waals surface area contributed by atoms with Crippen LogP contribution in [-0.4, -0.2) is 68.4 Å². The first-order chi connectivity index (χ1) is 17.6. The first-order valence-electron chi connectivity index (χ1n) is 11.9. The van der Waals surface area contributed by atoms with Gasteiger partial charge in [0.15, 0.2) is 0 Å². The lowest BCUT2D eigenvalue weighted by Gasteiger charge is -2.40. The van der Waals surface area contributed by atoms with Crippen molar-refractivity contribution in [3.63, 3.8) is 0 Å². The monoisotopic (exact) mass is 595 g/mol. The maximum atomic E-state index is 13.5. The Hall–Kier alpha value is -2.05. The molecule has 2 atom stereocenters. The van der Waals surface area contributed by atoms with Gasteiger partial charge in [0.25, 0.3) is 0 Å². The van der Waals surface area contributed by atoms with Crippen LogP contribution in [0.15, 0.2) is 42.5 Å². The smallest absolute Gasteiger partial charge is 0.406 e. The van der Waals surface area contributed by atoms with E-state index in [0.717, 1.165) is 0 Å². The number of carbonyl (C=O) groups excluding carboxylic acids is 1. The van der Waals surface area contributed by atoms with Crippen molar-refractivity contribution in [2.75, 3.05) is 32.4 Å². The molecule has 1 amide bonds. The third-order valence-electron chi connectivity index (χ3n) is 6.67. The molecule has 1 aliphatic heterocycles. The van der Waals surface area contributed by atoms with Gasteiger partial charge in [-0.15, -0.1) is 13.2 Å². The Balaban J connectivity index is 1.73. The minimum Gasteiger partial charge on any atom is -0.406 e. The SMILES string of the molecule is C[C@@H]1CN(CCC(C)(C(=O)NCc2ccc(OC(F)(F)F)cc2)c2ccc(Cl)c(Cl)c2)CCN1S(C)(=O)=O. The fourth-order valence-electron chi connectivity index (χ4n) is 4.51. The predicted octanol–water partition coefficient (Wildman–Crippen LogP) is 4.82. The van der Waals surface area contributed by atoms with E-state index in [0.29, 0.717) is 53.8 Å². The van der Waals surface area contributed by atoms with Crippen LogP contribution in [0.25, 0.3) is 0 Å². The molecule has 1 aliphatic rings. The molecule has 1 fully saturated rings. The second-order valence-corrected chi connectivity index (χ2v) is 12.4. The van der Waals surface area contributed by atoms with Crippen LogP contribution in [0.5, 0.6) is 5.75 Å². The van der Waals surface area contributed by atoms with Crippen LogP contribution >= 0.6 is 23.2 Å². The topological polar surface area (TPSA) is 79.0 Å². The average Bonchev–Trinajstić information content (AvgIpc) is 2.81. The van der Waals surface area contributed by atoms with Gasteiger partial charge in [0, 0.05) is 32.2 Å². The first-order valence-corrected chi connectivity index (χ1v) is 14.5. The molecule has 0 spiro atoms. The number of amides is 1. The Labute approximate surface area is 230 Å². The van der Waals surface area contributed by atoms with Gasteiger partial charge in [0.1, 0.15) is 5.75 Å². The summed E-state index contributed by atoms with van der Waals surface area (Å²) in [6, 6.07) is 10.1. The number of sulfonamides is 1. The summed E-state index contributed by atoms with van der Waals surface area (Å²) in [5.74, 6) is -0.646. The van der Waals surface area contributed by atoms with Gasteiger partial charge >= 0.3 is 6.36 Å². The molecule has 210 valence electrons. The van der Waals surface area contributed by atoms with Crippen LogP contribution in [0.2, 0.25) is 10.0 Å². The van der Waals surface area contributed by atoms with Crippen LogP contribution < -0.4 is 10.1 Å². The van der Waals surface area contributed by atoms with Crippen molar-refractivity contribution in [2.45, 2.75) is 44.6 Å². The van der Waals surface area contributed by atoms with Crippen molar-refractivity contribution in [3.8, 4) is 5.75 Å². The largest absolute Gasteiger partial charge is 0.573 e. The standard InChI is InChI=1S/C25H30Cl2F3N3O4S/c1-17-16-32(12-13-33(17)38(3,35)36)11-10-24(2,19-6-9-21(26)22(27)14-19)23(34)31-15-18-4-7-20(8-5-18)37-25(28,29)30/h4-9,14,17H,10-13,15-16H2,1-3H3,(H,31,34)/t17-,24?/m1/s1. The van der Waals surface area contributed by atoms with Gasteiger partial charge in [-0.25, -0.2) is 8.42 Å². The molecule has 1 heterocycles. The maximum absolute atomic E-state index is 13.5. The third-order valence-corrected chi connectivity index (χ3v) is 8.81. The van der Waals surface area contributed by atoms with E-state index in [2.05, 4.69) is 15.0 Å². The number of halogens is 5. The molecule has 1 unspecified atom stereocenters. The highest BCUT2D eigenvalue weighted by molar-refractivity contribution is 7.88. The number of rotatable bonds is 9. The van der Waals surface area contributed by atoms with E-state index in [9.17, 15) is 26.4 Å². The number of nitrogens with zero attached hydrogens (tertiary/aromatic N) is 2. The van der Waals surface area contributed by atoms with E-state index in [-0.39, 0.29) is 24.2 Å². The van der Waals surface area contributed by atoms with Crippen LogP contribution in [-0.2, 0) is 26.8 Å². The number of nitrogens with one attached hydrogen (secondary N) is 1. The Bertz CT molecular complexity index is 1250. The molecule has 0 saturated carbocycles. The van der Waals surface area contributed by atoms with Crippen molar-refractivity contribution in [1.82, 2.24) is 14.5 Å². The highest BCUT2D eigenvalue weighted by Gasteiger charge is 2.37. The van der Waals surface area contributed by atoms with Crippen molar-refractivity contribution in [2.24, 2.45) is 0 Å². The molecule has 2 aromatic rings. The molecule has 0 aromatic heterocycles. The third kappa shape index (κ3) is 7.98. The number of ether oxygens (including phenoxy) is 1. The predicted molar refractivity (Wildman–Crippen MR) is 141 cm³/mol. The van der Waals surface area contributed by atoms with E-state index in [1.807, 2.05) is 6.92 Å². The maximum Gasteiger partial charge on any atom is 0.573 e. The fraction of sp³-hybridized carbons (Fsp3) is 0.480. The lowest BCUT2D eigenvalue weighted by atomic mass is 9.78. The number of alkyl halides is 3. The zero-order valence-corrected chi connectivity index (χ0v) is 23.5. The second kappa shape index (κ2) is 12.0. The number of piperazine rings is 1. The second-order valence-electron chi connectivity index (χ2n) is 9.61. The summed E-state index contributed by atoms with van der Waals surface area (Å²) in [6.07, 6.45) is -3.19. The van der Waals surface area contributed by atoms with Crippen LogP contribution in [0.1, 0.15) is 31.4 Å². The molecule has 3 rings (SSSR count). The van der Waals surface area contributed by atoms with Gasteiger partial charge in [-0.05, 0) is 62.2 Å². The summed E-state index contributed by atoms with van der Waals surface area (Å²) in [4.78, 5) is 15.7. The van der Waals surface area contributed by atoms with Gasteiger partial charge < -0.3 is 15.0 Å². The quantitative estimate of drug-likeness (QED) is 0.449. The Morgan fingerprint density at radius 1 is 1.11 bits per heavy atom. The van der Waals surface area contributed by atoms with Crippen LogP contribution in [0.4, 0.5) is 13.2 Å². The first kappa shape index (κ1) is 30.5. The molecule has 1 N–H and O–H groups in total. The molecule has 1 saturated heterocycles. The minimum atomic E-state index is -4.79. The van der Waals surface area contributed by atoms with Gasteiger partial charge in [-0.1, -0.05) is 41.4 Å². The Morgan fingerprint density at radius 3 is 2.32 bits per heavy atom. The van der Waals surface area contributed by atoms with Crippen molar-refractivity contribution in [3.05, 3.63) is 63.6 Å². The Morgan fingerprint density at radius 2 is 1.76 bits per heavy atom. The van der Waals surface area contributed by atoms with Crippen molar-refractivity contribution in [1.29, 1.82) is 0 Å². The average molecular weight is 596 g/mol. The molecular weight excluding hydrogens is 566 g/mol. The highest BCUT2D eigenvalue weighted by Crippen LogP contribution is 2.34. The summed E-state index contributed by atoms with van der Waals surface area (Å²) >= 11 is 12.4. The summed E-state index contributed by atoms with van der Waals surface area (Å²) in [7, 11) is -3.30. The van der Waals surface area contributed by atoms with Gasteiger partial charge in [0.05, 0.1) is 21.7 Å². The number of benzene rings is 2. The molecule has 0 aliphatic carbocycles. The van der Waals surface area contributed by atoms with Crippen molar-refractivity contribution >= 4 is 39.1 Å². The van der Waals surface area contributed by atoms with Gasteiger partial charge in [0.2, 0.25) is 15.9 Å². The van der Waals surface area contributed by atoms with E-state index in [4.69, 9.17) is 23.2 Å². The molecular formula is C25H30Cl2F3N3O4S. The van der Waals surface area contributed by atoms with Crippen LogP contribution in [0.3, 0.4) is 0 Å². The van der Waals surface area contributed by atoms with Crippen molar-refractivity contribution < 1.29 is 31.1 Å². The molecule has 7 nitrogen and oxygen atoms in total. The van der Waals surface area contributed by atoms with Gasteiger partial charge in [-0.3, -0.25) is 4.79 Å². The summed E-state index contributed by atoms with van der Waals surface area (Å²) in [6.45, 7) is 5.67. The van der Waals surface area contributed by atoms with Crippen LogP contribution in [0, 0.1) is 0 Å². The Kier molecular flexibility index (Phi) is 9.63. The zero-order chi connectivity index (χ0) is 28.3. The minimum absolute atomic E-state index is 0.0894. The molecule has 13 heteroatoms. The fourth-order valence-corrected chi connectivity index (χ4v) is 5.94. The number of hydrogen-bond donors (Lipinski definition) is 1. The summed E-state index contributed by atoms with van der Waals surface area (Å²) in [5, 5.41) is 3.54. The summed E-state index contributed by atoms with van der Waals surface area (Å²) < 4.78 is 66.6. The molecule has 0 bridgehead atoms. The lowest BCUT2D eigenvalue weighted by molar-refractivity contribution is -0.274. The summed E-state index contributed by atoms with van der Waals surface area (Å²) in [5.41, 5.74) is 0.223. The normalized spacial score (nSPS) is 19.1. The van der Waals surface area contributed by atoms with E-state index in [1.165, 1.54) is 34.8 Å². The number of carbonyl (C=O) groups is 1. The molecule has 2 aromatic carbocycles. The van der Waals surface area contributed by atoms with E-state index in [1.54, 1.807) is 25.1 Å².